The lowest BCUT2D eigenvalue weighted by Crippen LogP contribution is -2.43. The number of piperidine rings is 1. The summed E-state index contributed by atoms with van der Waals surface area (Å²) in [5.74, 6) is 0.751. The summed E-state index contributed by atoms with van der Waals surface area (Å²) in [6.45, 7) is 7.87. The van der Waals surface area contributed by atoms with E-state index in [1.165, 1.54) is 0 Å². The third-order valence-electron chi connectivity index (χ3n) is 6.05. The maximum Gasteiger partial charge on any atom is 0.253 e. The van der Waals surface area contributed by atoms with Gasteiger partial charge in [0, 0.05) is 43.3 Å². The zero-order chi connectivity index (χ0) is 22.7. The Bertz CT molecular complexity index is 1100. The molecule has 0 bridgehead atoms. The minimum absolute atomic E-state index is 0.00782. The van der Waals surface area contributed by atoms with Gasteiger partial charge in [0.2, 0.25) is 5.91 Å². The fourth-order valence-corrected chi connectivity index (χ4v) is 4.36. The second-order valence-electron chi connectivity index (χ2n) is 8.76. The highest BCUT2D eigenvalue weighted by Gasteiger charge is 2.29. The predicted molar refractivity (Wildman–Crippen MR) is 126 cm³/mol. The van der Waals surface area contributed by atoms with Gasteiger partial charge in [0.25, 0.3) is 5.91 Å². The SMILES string of the molecule is Cc1cc(C)cc(C(=O)N2CCCC(C(=O)Nc3ccc(Cn4ccnc4C)cc3)C2)c1. The van der Waals surface area contributed by atoms with Crippen LogP contribution in [0.5, 0.6) is 0 Å². The largest absolute Gasteiger partial charge is 0.338 e. The molecule has 1 saturated heterocycles. The molecule has 1 unspecified atom stereocenters. The first-order valence-electron chi connectivity index (χ1n) is 11.1. The number of aromatic nitrogens is 2. The maximum absolute atomic E-state index is 13.0. The van der Waals surface area contributed by atoms with E-state index in [1.807, 2.05) is 68.3 Å². The van der Waals surface area contributed by atoms with Gasteiger partial charge < -0.3 is 14.8 Å². The van der Waals surface area contributed by atoms with Gasteiger partial charge in [0.15, 0.2) is 0 Å². The van der Waals surface area contributed by atoms with E-state index in [9.17, 15) is 9.59 Å². The fraction of sp³-hybridized carbons (Fsp3) is 0.346. The van der Waals surface area contributed by atoms with Crippen LogP contribution in [0.3, 0.4) is 0 Å². The topological polar surface area (TPSA) is 67.2 Å². The van der Waals surface area contributed by atoms with Crippen LogP contribution < -0.4 is 5.32 Å². The molecule has 3 aromatic rings. The van der Waals surface area contributed by atoms with Crippen LogP contribution in [0.15, 0.2) is 54.9 Å². The number of likely N-dealkylation sites (tertiary alicyclic amines) is 1. The van der Waals surface area contributed by atoms with Gasteiger partial charge in [-0.1, -0.05) is 29.3 Å². The molecule has 0 radical (unpaired) electrons. The van der Waals surface area contributed by atoms with Crippen LogP contribution in [0, 0.1) is 26.7 Å². The van der Waals surface area contributed by atoms with Crippen LogP contribution in [-0.4, -0.2) is 39.4 Å². The quantitative estimate of drug-likeness (QED) is 0.654. The molecule has 0 saturated carbocycles. The standard InChI is InChI=1S/C26H30N4O2/c1-18-13-19(2)15-23(14-18)26(32)30-11-4-5-22(17-30)25(31)28-24-8-6-21(7-9-24)16-29-12-10-27-20(29)3/h6-10,12-15,22H,4-5,11,16-17H2,1-3H3,(H,28,31). The Morgan fingerprint density at radius 1 is 1.06 bits per heavy atom. The van der Waals surface area contributed by atoms with Crippen molar-refractivity contribution in [3.63, 3.8) is 0 Å². The van der Waals surface area contributed by atoms with E-state index in [4.69, 9.17) is 0 Å². The molecule has 1 fully saturated rings. The minimum atomic E-state index is -0.202. The van der Waals surface area contributed by atoms with E-state index >= 15 is 0 Å². The Balaban J connectivity index is 1.37. The molecule has 0 aliphatic carbocycles. The molecule has 1 aromatic heterocycles. The van der Waals surface area contributed by atoms with Crippen molar-refractivity contribution in [3.05, 3.63) is 82.9 Å². The van der Waals surface area contributed by atoms with Crippen molar-refractivity contribution in [1.82, 2.24) is 14.5 Å². The molecule has 4 rings (SSSR count). The average Bonchev–Trinajstić information content (AvgIpc) is 3.18. The summed E-state index contributed by atoms with van der Waals surface area (Å²) in [5, 5.41) is 3.03. The lowest BCUT2D eigenvalue weighted by Gasteiger charge is -2.32. The first-order valence-corrected chi connectivity index (χ1v) is 11.1. The molecule has 6 heteroatoms. The summed E-state index contributed by atoms with van der Waals surface area (Å²) >= 11 is 0. The Kier molecular flexibility index (Phi) is 6.40. The molecule has 1 atom stereocenters. The van der Waals surface area contributed by atoms with Gasteiger partial charge in [0.05, 0.1) is 5.92 Å². The number of imidazole rings is 1. The minimum Gasteiger partial charge on any atom is -0.338 e. The van der Waals surface area contributed by atoms with Gasteiger partial charge in [-0.25, -0.2) is 4.98 Å². The molecule has 2 heterocycles. The van der Waals surface area contributed by atoms with Crippen LogP contribution in [0.4, 0.5) is 5.69 Å². The van der Waals surface area contributed by atoms with Crippen molar-refractivity contribution in [1.29, 1.82) is 0 Å². The van der Waals surface area contributed by atoms with E-state index in [-0.39, 0.29) is 17.7 Å². The molecule has 1 aliphatic heterocycles. The van der Waals surface area contributed by atoms with Gasteiger partial charge in [-0.2, -0.15) is 0 Å². The molecule has 1 N–H and O–H groups in total. The second kappa shape index (κ2) is 9.39. The molecule has 1 aliphatic rings. The number of amides is 2. The normalized spacial score (nSPS) is 16.1. The van der Waals surface area contributed by atoms with Crippen LogP contribution >= 0.6 is 0 Å². The van der Waals surface area contributed by atoms with Gasteiger partial charge in [0.1, 0.15) is 5.82 Å². The Morgan fingerprint density at radius 3 is 2.44 bits per heavy atom. The van der Waals surface area contributed by atoms with Gasteiger partial charge in [-0.3, -0.25) is 9.59 Å². The first-order chi connectivity index (χ1) is 15.4. The Hall–Kier alpha value is -3.41. The number of nitrogens with zero attached hydrogens (tertiary/aromatic N) is 3. The van der Waals surface area contributed by atoms with Crippen molar-refractivity contribution in [2.75, 3.05) is 18.4 Å². The van der Waals surface area contributed by atoms with E-state index in [1.54, 1.807) is 6.20 Å². The number of benzene rings is 2. The number of nitrogens with one attached hydrogen (secondary N) is 1. The van der Waals surface area contributed by atoms with Crippen LogP contribution in [0.25, 0.3) is 0 Å². The molecule has 6 nitrogen and oxygen atoms in total. The van der Waals surface area contributed by atoms with E-state index in [2.05, 4.69) is 20.9 Å². The number of rotatable bonds is 5. The zero-order valence-electron chi connectivity index (χ0n) is 19.0. The number of hydrogen-bond acceptors (Lipinski definition) is 3. The number of aryl methyl sites for hydroxylation is 3. The Labute approximate surface area is 189 Å². The van der Waals surface area contributed by atoms with Crippen LogP contribution in [0.2, 0.25) is 0 Å². The molecule has 2 aromatic carbocycles. The lowest BCUT2D eigenvalue weighted by molar-refractivity contribution is -0.121. The van der Waals surface area contributed by atoms with Crippen molar-refractivity contribution in [3.8, 4) is 0 Å². The predicted octanol–water partition coefficient (Wildman–Crippen LogP) is 4.35. The second-order valence-corrected chi connectivity index (χ2v) is 8.76. The number of carbonyl (C=O) groups excluding carboxylic acids is 2. The van der Waals surface area contributed by atoms with E-state index in [0.717, 1.165) is 47.6 Å². The van der Waals surface area contributed by atoms with Crippen molar-refractivity contribution in [2.24, 2.45) is 5.92 Å². The highest BCUT2D eigenvalue weighted by molar-refractivity contribution is 5.96. The van der Waals surface area contributed by atoms with Gasteiger partial charge >= 0.3 is 0 Å². The highest BCUT2D eigenvalue weighted by atomic mass is 16.2. The van der Waals surface area contributed by atoms with E-state index in [0.29, 0.717) is 18.7 Å². The van der Waals surface area contributed by atoms with Crippen molar-refractivity contribution in [2.45, 2.75) is 40.2 Å². The molecule has 32 heavy (non-hydrogen) atoms. The number of anilines is 1. The number of hydrogen-bond donors (Lipinski definition) is 1. The fourth-order valence-electron chi connectivity index (χ4n) is 4.36. The van der Waals surface area contributed by atoms with Gasteiger partial charge in [-0.05, 0) is 63.4 Å². The third-order valence-corrected chi connectivity index (χ3v) is 6.05. The summed E-state index contributed by atoms with van der Waals surface area (Å²) in [5.41, 5.74) is 4.77. The molecular formula is C26H30N4O2. The third kappa shape index (κ3) is 5.07. The van der Waals surface area contributed by atoms with Crippen LogP contribution in [-0.2, 0) is 11.3 Å². The van der Waals surface area contributed by atoms with E-state index < -0.39 is 0 Å². The molecule has 2 amide bonds. The molecular weight excluding hydrogens is 400 g/mol. The number of carbonyl (C=O) groups is 2. The zero-order valence-corrected chi connectivity index (χ0v) is 19.0. The monoisotopic (exact) mass is 430 g/mol. The summed E-state index contributed by atoms with van der Waals surface area (Å²) in [6.07, 6.45) is 5.37. The van der Waals surface area contributed by atoms with Gasteiger partial charge in [-0.15, -0.1) is 0 Å². The smallest absolute Gasteiger partial charge is 0.253 e. The average molecular weight is 431 g/mol. The van der Waals surface area contributed by atoms with Crippen molar-refractivity contribution >= 4 is 17.5 Å². The first kappa shape index (κ1) is 21.8. The summed E-state index contributed by atoms with van der Waals surface area (Å²) in [7, 11) is 0. The molecule has 0 spiro atoms. The molecule has 166 valence electrons. The summed E-state index contributed by atoms with van der Waals surface area (Å²) in [4.78, 5) is 32.0. The van der Waals surface area contributed by atoms with Crippen LogP contribution in [0.1, 0.15) is 45.7 Å². The van der Waals surface area contributed by atoms with Crippen molar-refractivity contribution < 1.29 is 9.59 Å². The lowest BCUT2D eigenvalue weighted by atomic mass is 9.96. The Morgan fingerprint density at radius 2 is 1.78 bits per heavy atom. The maximum atomic E-state index is 13.0. The highest BCUT2D eigenvalue weighted by Crippen LogP contribution is 2.22. The summed E-state index contributed by atoms with van der Waals surface area (Å²) < 4.78 is 2.08. The summed E-state index contributed by atoms with van der Waals surface area (Å²) in [6, 6.07) is 13.8.